The first-order valence-corrected chi connectivity index (χ1v) is 13.2. The van der Waals surface area contributed by atoms with E-state index in [1.807, 2.05) is 6.92 Å². The van der Waals surface area contributed by atoms with Crippen LogP contribution in [-0.4, -0.2) is 52.1 Å². The molecule has 39 heavy (non-hydrogen) atoms. The summed E-state index contributed by atoms with van der Waals surface area (Å²) in [5.74, 6) is -3.25. The topological polar surface area (TPSA) is 148 Å². The minimum atomic E-state index is -0.942. The highest BCUT2D eigenvalue weighted by atomic mass is 32.2. The first-order chi connectivity index (χ1) is 18.3. The third-order valence-electron chi connectivity index (χ3n) is 5.86. The Hall–Kier alpha value is -3.35. The van der Waals surface area contributed by atoms with Crippen molar-refractivity contribution in [2.75, 3.05) is 5.75 Å². The number of carbonyl (C=O) groups is 4. The smallest absolute Gasteiger partial charge is 0.308 e. The third kappa shape index (κ3) is 10.0. The summed E-state index contributed by atoms with van der Waals surface area (Å²) in [7, 11) is 0. The van der Waals surface area contributed by atoms with Gasteiger partial charge in [0.15, 0.2) is 0 Å². The minimum absolute atomic E-state index is 0.000536. The van der Waals surface area contributed by atoms with Crippen molar-refractivity contribution in [2.24, 2.45) is 11.7 Å². The predicted molar refractivity (Wildman–Crippen MR) is 144 cm³/mol. The second-order valence-electron chi connectivity index (χ2n) is 9.19. The van der Waals surface area contributed by atoms with Crippen LogP contribution in [0.2, 0.25) is 0 Å². The number of esters is 1. The number of aliphatic hydroxyl groups excluding tert-OH is 1. The maximum atomic E-state index is 14.4. The number of carbonyl (C=O) groups excluding carboxylic acids is 4. The number of benzene rings is 2. The van der Waals surface area contributed by atoms with Gasteiger partial charge in [0.2, 0.25) is 16.9 Å². The highest BCUT2D eigenvalue weighted by molar-refractivity contribution is 8.14. The lowest BCUT2D eigenvalue weighted by atomic mass is 9.95. The molecule has 0 heterocycles. The normalized spacial score (nSPS) is 14.1. The van der Waals surface area contributed by atoms with E-state index in [-0.39, 0.29) is 46.4 Å². The van der Waals surface area contributed by atoms with E-state index in [0.29, 0.717) is 6.42 Å². The van der Waals surface area contributed by atoms with Gasteiger partial charge in [0.05, 0.1) is 11.6 Å². The number of rotatable bonds is 13. The summed E-state index contributed by atoms with van der Waals surface area (Å²) in [6, 6.07) is 5.98. The molecule has 0 spiro atoms. The molecule has 0 saturated carbocycles. The molecule has 4 unspecified atom stereocenters. The Balaban J connectivity index is 2.25. The molecule has 9 nitrogen and oxygen atoms in total. The molecular formula is C27H33F2N3O6S. The van der Waals surface area contributed by atoms with E-state index in [1.54, 1.807) is 0 Å². The van der Waals surface area contributed by atoms with Crippen molar-refractivity contribution in [3.8, 4) is 16.9 Å². The number of primary amides is 1. The Morgan fingerprint density at radius 1 is 1.05 bits per heavy atom. The van der Waals surface area contributed by atoms with Crippen LogP contribution in [0.25, 0.3) is 11.1 Å². The van der Waals surface area contributed by atoms with Crippen LogP contribution in [0.5, 0.6) is 5.75 Å². The van der Waals surface area contributed by atoms with Gasteiger partial charge >= 0.3 is 5.97 Å². The van der Waals surface area contributed by atoms with Gasteiger partial charge in [-0.3, -0.25) is 24.5 Å². The Bertz CT molecular complexity index is 1210. The molecule has 0 aliphatic rings. The molecule has 12 heteroatoms. The van der Waals surface area contributed by atoms with E-state index in [4.69, 9.17) is 10.5 Å². The van der Waals surface area contributed by atoms with Crippen molar-refractivity contribution in [2.45, 2.75) is 58.8 Å². The fourth-order valence-corrected chi connectivity index (χ4v) is 4.96. The molecule has 2 rings (SSSR count). The van der Waals surface area contributed by atoms with Gasteiger partial charge in [-0.15, -0.1) is 0 Å². The van der Waals surface area contributed by atoms with E-state index in [0.717, 1.165) is 23.9 Å². The van der Waals surface area contributed by atoms with Gasteiger partial charge in [0.25, 0.3) is 0 Å². The van der Waals surface area contributed by atoms with E-state index in [9.17, 15) is 33.1 Å². The summed E-state index contributed by atoms with van der Waals surface area (Å²) in [6.07, 6.45) is -0.217. The van der Waals surface area contributed by atoms with Gasteiger partial charge in [-0.25, -0.2) is 8.78 Å². The molecule has 2 aromatic carbocycles. The zero-order valence-electron chi connectivity index (χ0n) is 22.1. The van der Waals surface area contributed by atoms with E-state index < -0.39 is 46.9 Å². The molecule has 2 aromatic rings. The van der Waals surface area contributed by atoms with Gasteiger partial charge < -0.3 is 20.9 Å². The summed E-state index contributed by atoms with van der Waals surface area (Å²) in [5.41, 5.74) is 5.74. The van der Waals surface area contributed by atoms with Crippen LogP contribution < -0.4 is 21.1 Å². The summed E-state index contributed by atoms with van der Waals surface area (Å²) in [6.45, 7) is 5.82. The summed E-state index contributed by atoms with van der Waals surface area (Å²) in [5, 5.41) is 14.5. The van der Waals surface area contributed by atoms with Crippen LogP contribution in [0, 0.1) is 17.6 Å². The quantitative estimate of drug-likeness (QED) is 0.165. The van der Waals surface area contributed by atoms with Gasteiger partial charge in [-0.05, 0) is 55.5 Å². The molecule has 0 aliphatic carbocycles. The van der Waals surface area contributed by atoms with Crippen LogP contribution in [0.15, 0.2) is 36.4 Å². The molecule has 212 valence electrons. The number of nitrogens with one attached hydrogen (secondary N) is 2. The minimum Gasteiger partial charge on any atom is -0.426 e. The molecule has 0 saturated heterocycles. The van der Waals surface area contributed by atoms with Crippen molar-refractivity contribution >= 4 is 34.7 Å². The maximum absolute atomic E-state index is 14.4. The van der Waals surface area contributed by atoms with Crippen LogP contribution >= 0.6 is 11.8 Å². The number of amides is 2. The average molecular weight is 566 g/mol. The third-order valence-corrected chi connectivity index (χ3v) is 6.87. The number of hydrogen-bond acceptors (Lipinski definition) is 8. The fraction of sp³-hybridized carbons (Fsp3) is 0.407. The number of halogens is 2. The average Bonchev–Trinajstić information content (AvgIpc) is 2.83. The first-order valence-electron chi connectivity index (χ1n) is 12.2. The Labute approximate surface area is 229 Å². The van der Waals surface area contributed by atoms with Crippen LogP contribution in [0.1, 0.15) is 50.9 Å². The lowest BCUT2D eigenvalue weighted by Gasteiger charge is -2.26. The molecule has 0 aliphatic heterocycles. The van der Waals surface area contributed by atoms with E-state index in [1.165, 1.54) is 45.0 Å². The van der Waals surface area contributed by atoms with Crippen LogP contribution in [-0.2, 0) is 14.4 Å². The molecule has 0 bridgehead atoms. The molecule has 4 atom stereocenters. The van der Waals surface area contributed by atoms with E-state index >= 15 is 0 Å². The van der Waals surface area contributed by atoms with E-state index in [2.05, 4.69) is 10.6 Å². The lowest BCUT2D eigenvalue weighted by Crippen LogP contribution is -2.46. The summed E-state index contributed by atoms with van der Waals surface area (Å²) in [4.78, 5) is 48.4. The molecule has 0 fully saturated rings. The standard InChI is InChI=1S/C27H33F2N3O6S/c1-14(5-9-23(26(30)36)31-15(2)33)24(32-16(3)34)13-39-27(37)21-11-18(6-10-25(21)38-17(4)35)20-8-7-19(28)12-22(20)29/h6-8,10-12,14-15,23-24,31,33H,5,9,13H2,1-4H3,(H2,30,36)(H,32,34). The van der Waals surface area contributed by atoms with Crippen LogP contribution in [0.4, 0.5) is 8.78 Å². The Morgan fingerprint density at radius 3 is 2.31 bits per heavy atom. The second-order valence-corrected chi connectivity index (χ2v) is 10.2. The SMILES string of the molecule is CC(=O)NC(CSC(=O)c1cc(-c2ccc(F)cc2F)ccc1OC(C)=O)C(C)CCC(NC(C)O)C(N)=O. The van der Waals surface area contributed by atoms with Crippen molar-refractivity contribution in [1.82, 2.24) is 10.6 Å². The Kier molecular flexibility index (Phi) is 12.0. The molecular weight excluding hydrogens is 532 g/mol. The van der Waals surface area contributed by atoms with Gasteiger partial charge in [-0.1, -0.05) is 24.8 Å². The number of ether oxygens (including phenoxy) is 1. The number of nitrogens with two attached hydrogens (primary N) is 1. The lowest BCUT2D eigenvalue weighted by molar-refractivity contribution is -0.132. The maximum Gasteiger partial charge on any atom is 0.308 e. The fourth-order valence-electron chi connectivity index (χ4n) is 3.91. The van der Waals surface area contributed by atoms with Gasteiger partial charge in [-0.2, -0.15) is 0 Å². The number of thioether (sulfide) groups is 1. The van der Waals surface area contributed by atoms with Crippen LogP contribution in [0.3, 0.4) is 0 Å². The van der Waals surface area contributed by atoms with Crippen molar-refractivity contribution in [3.63, 3.8) is 0 Å². The molecule has 0 radical (unpaired) electrons. The zero-order chi connectivity index (χ0) is 29.3. The number of aliphatic hydroxyl groups is 1. The van der Waals surface area contributed by atoms with Crippen molar-refractivity contribution in [1.29, 1.82) is 0 Å². The zero-order valence-corrected chi connectivity index (χ0v) is 22.9. The predicted octanol–water partition coefficient (Wildman–Crippen LogP) is 3.13. The molecule has 2 amide bonds. The summed E-state index contributed by atoms with van der Waals surface area (Å²) < 4.78 is 32.9. The monoisotopic (exact) mass is 565 g/mol. The number of hydrogen-bond donors (Lipinski definition) is 4. The Morgan fingerprint density at radius 2 is 1.74 bits per heavy atom. The first kappa shape index (κ1) is 31.9. The summed E-state index contributed by atoms with van der Waals surface area (Å²) >= 11 is 0.865. The molecule has 5 N–H and O–H groups in total. The van der Waals surface area contributed by atoms with Gasteiger partial charge in [0, 0.05) is 37.3 Å². The van der Waals surface area contributed by atoms with Crippen molar-refractivity contribution in [3.05, 3.63) is 53.6 Å². The molecule has 0 aromatic heterocycles. The highest BCUT2D eigenvalue weighted by Crippen LogP contribution is 2.32. The highest BCUT2D eigenvalue weighted by Gasteiger charge is 2.25. The van der Waals surface area contributed by atoms with Crippen molar-refractivity contribution < 1.29 is 37.8 Å². The second kappa shape index (κ2) is 14.7. The largest absolute Gasteiger partial charge is 0.426 e. The van der Waals surface area contributed by atoms with Gasteiger partial charge in [0.1, 0.15) is 23.6 Å².